The van der Waals surface area contributed by atoms with Gasteiger partial charge in [-0.2, -0.15) is 0 Å². The van der Waals surface area contributed by atoms with E-state index in [9.17, 15) is 9.18 Å². The van der Waals surface area contributed by atoms with Gasteiger partial charge in [0.25, 0.3) is 5.91 Å². The molecule has 2 fully saturated rings. The third kappa shape index (κ3) is 3.49. The predicted molar refractivity (Wildman–Crippen MR) is 100 cm³/mol. The number of rotatable bonds is 3. The van der Waals surface area contributed by atoms with Gasteiger partial charge in [0.15, 0.2) is 0 Å². The van der Waals surface area contributed by atoms with E-state index in [1.165, 1.54) is 25.0 Å². The summed E-state index contributed by atoms with van der Waals surface area (Å²) in [5.41, 5.74) is 2.69. The van der Waals surface area contributed by atoms with Gasteiger partial charge in [-0.1, -0.05) is 0 Å². The summed E-state index contributed by atoms with van der Waals surface area (Å²) in [5.74, 6) is -0.190. The average molecular weight is 354 g/mol. The largest absolute Gasteiger partial charge is 0.370 e. The van der Waals surface area contributed by atoms with Gasteiger partial charge < -0.3 is 14.7 Å². The van der Waals surface area contributed by atoms with Crippen molar-refractivity contribution in [3.05, 3.63) is 54.1 Å². The van der Waals surface area contributed by atoms with Crippen LogP contribution in [0.1, 0.15) is 23.2 Å². The van der Waals surface area contributed by atoms with Crippen LogP contribution in [0.2, 0.25) is 0 Å². The maximum Gasteiger partial charge on any atom is 0.255 e. The number of carbonyl (C=O) groups is 1. The van der Waals surface area contributed by atoms with Gasteiger partial charge >= 0.3 is 0 Å². The lowest BCUT2D eigenvalue weighted by Crippen LogP contribution is -2.48. The molecule has 2 saturated heterocycles. The summed E-state index contributed by atoms with van der Waals surface area (Å²) in [4.78, 5) is 23.5. The van der Waals surface area contributed by atoms with Crippen LogP contribution >= 0.6 is 0 Å². The Morgan fingerprint density at radius 1 is 0.846 bits per heavy atom. The topological polar surface area (TPSA) is 39.7 Å². The van der Waals surface area contributed by atoms with Crippen LogP contribution in [0.25, 0.3) is 0 Å². The molecule has 0 aliphatic carbocycles. The summed E-state index contributed by atoms with van der Waals surface area (Å²) in [6.07, 6.45) is 5.90. The van der Waals surface area contributed by atoms with E-state index >= 15 is 0 Å². The molecule has 0 unspecified atom stereocenters. The smallest absolute Gasteiger partial charge is 0.255 e. The molecule has 5 nitrogen and oxygen atoms in total. The molecular weight excluding hydrogens is 331 g/mol. The van der Waals surface area contributed by atoms with Crippen molar-refractivity contribution in [3.8, 4) is 0 Å². The molecule has 3 heterocycles. The highest BCUT2D eigenvalue weighted by molar-refractivity contribution is 5.95. The lowest BCUT2D eigenvalue weighted by molar-refractivity contribution is 0.0746. The number of hydrogen-bond donors (Lipinski definition) is 0. The Morgan fingerprint density at radius 3 is 2.19 bits per heavy atom. The Hall–Kier alpha value is -2.63. The minimum absolute atomic E-state index is 0.0392. The van der Waals surface area contributed by atoms with Gasteiger partial charge in [0.05, 0.1) is 17.4 Å². The summed E-state index contributed by atoms with van der Waals surface area (Å²) in [7, 11) is 0. The number of halogens is 1. The third-order valence-electron chi connectivity index (χ3n) is 5.20. The van der Waals surface area contributed by atoms with Gasteiger partial charge in [0.1, 0.15) is 5.82 Å². The molecule has 0 N–H and O–H groups in total. The van der Waals surface area contributed by atoms with Crippen LogP contribution in [0.5, 0.6) is 0 Å². The average Bonchev–Trinajstić information content (AvgIpc) is 3.23. The van der Waals surface area contributed by atoms with E-state index in [2.05, 4.69) is 14.8 Å². The van der Waals surface area contributed by atoms with Gasteiger partial charge in [-0.25, -0.2) is 4.39 Å². The molecule has 2 aromatic rings. The number of benzene rings is 1. The normalized spacial score (nSPS) is 17.7. The second-order valence-electron chi connectivity index (χ2n) is 6.88. The summed E-state index contributed by atoms with van der Waals surface area (Å²) < 4.78 is 13.1. The monoisotopic (exact) mass is 354 g/mol. The summed E-state index contributed by atoms with van der Waals surface area (Å²) in [5, 5.41) is 0. The number of nitrogens with zero attached hydrogens (tertiary/aromatic N) is 4. The first-order valence-corrected chi connectivity index (χ1v) is 9.20. The fourth-order valence-electron chi connectivity index (χ4n) is 3.70. The van der Waals surface area contributed by atoms with Crippen molar-refractivity contribution in [3.63, 3.8) is 0 Å². The second kappa shape index (κ2) is 7.32. The number of anilines is 2. The minimum atomic E-state index is -0.229. The van der Waals surface area contributed by atoms with Crippen LogP contribution in [0.4, 0.5) is 15.8 Å². The number of piperazine rings is 1. The molecule has 0 bridgehead atoms. The zero-order valence-electron chi connectivity index (χ0n) is 14.8. The van der Waals surface area contributed by atoms with Crippen LogP contribution < -0.4 is 9.80 Å². The van der Waals surface area contributed by atoms with Crippen LogP contribution in [0, 0.1) is 5.82 Å². The van der Waals surface area contributed by atoms with Crippen LogP contribution in [-0.2, 0) is 0 Å². The summed E-state index contributed by atoms with van der Waals surface area (Å²) >= 11 is 0. The molecule has 26 heavy (non-hydrogen) atoms. The fourth-order valence-corrected chi connectivity index (χ4v) is 3.70. The fraction of sp³-hybridized carbons (Fsp3) is 0.400. The van der Waals surface area contributed by atoms with Gasteiger partial charge in [0, 0.05) is 51.2 Å². The zero-order chi connectivity index (χ0) is 17.9. The Balaban J connectivity index is 1.40. The maximum atomic E-state index is 13.1. The van der Waals surface area contributed by atoms with Gasteiger partial charge in [0.2, 0.25) is 0 Å². The SMILES string of the molecule is O=C(c1cncc(N2CCCC2)c1)N1CCN(c2ccc(F)cc2)CC1. The second-order valence-corrected chi connectivity index (χ2v) is 6.88. The molecule has 1 amide bonds. The number of pyridine rings is 1. The highest BCUT2D eigenvalue weighted by Crippen LogP contribution is 2.22. The molecule has 2 aliphatic heterocycles. The molecule has 1 aromatic heterocycles. The van der Waals surface area contributed by atoms with Gasteiger partial charge in [-0.15, -0.1) is 0 Å². The number of amides is 1. The number of hydrogen-bond acceptors (Lipinski definition) is 4. The number of aromatic nitrogens is 1. The third-order valence-corrected chi connectivity index (χ3v) is 5.20. The summed E-state index contributed by atoms with van der Waals surface area (Å²) in [6.45, 7) is 4.88. The van der Waals surface area contributed by atoms with E-state index in [1.54, 1.807) is 18.3 Å². The minimum Gasteiger partial charge on any atom is -0.370 e. The van der Waals surface area contributed by atoms with Crippen molar-refractivity contribution >= 4 is 17.3 Å². The molecule has 4 rings (SSSR count). The molecule has 0 atom stereocenters. The van der Waals surface area contributed by atoms with E-state index in [0.29, 0.717) is 18.7 Å². The molecule has 6 heteroatoms. The predicted octanol–water partition coefficient (Wildman–Crippen LogP) is 2.78. The molecule has 2 aliphatic rings. The van der Waals surface area contributed by atoms with Crippen molar-refractivity contribution in [2.24, 2.45) is 0 Å². The van der Waals surface area contributed by atoms with Crippen LogP contribution in [0.15, 0.2) is 42.7 Å². The highest BCUT2D eigenvalue weighted by Gasteiger charge is 2.23. The van der Waals surface area contributed by atoms with Crippen molar-refractivity contribution < 1.29 is 9.18 Å². The van der Waals surface area contributed by atoms with E-state index in [-0.39, 0.29) is 11.7 Å². The maximum absolute atomic E-state index is 13.1. The van der Waals surface area contributed by atoms with E-state index < -0.39 is 0 Å². The lowest BCUT2D eigenvalue weighted by atomic mass is 10.2. The van der Waals surface area contributed by atoms with Crippen LogP contribution in [-0.4, -0.2) is 55.1 Å². The molecule has 0 saturated carbocycles. The van der Waals surface area contributed by atoms with E-state index in [1.807, 2.05) is 17.2 Å². The molecule has 0 spiro atoms. The van der Waals surface area contributed by atoms with Crippen molar-refractivity contribution in [2.75, 3.05) is 49.1 Å². The molecule has 0 radical (unpaired) electrons. The molecule has 136 valence electrons. The highest BCUT2D eigenvalue weighted by atomic mass is 19.1. The van der Waals surface area contributed by atoms with Crippen molar-refractivity contribution in [1.82, 2.24) is 9.88 Å². The Bertz CT molecular complexity index is 766. The summed E-state index contributed by atoms with van der Waals surface area (Å²) in [6, 6.07) is 8.49. The standard InChI is InChI=1S/C20H23FN4O/c21-17-3-5-18(6-4-17)24-9-11-25(12-10-24)20(26)16-13-19(15-22-14-16)23-7-1-2-8-23/h3-6,13-15H,1-2,7-12H2. The van der Waals surface area contributed by atoms with Crippen molar-refractivity contribution in [2.45, 2.75) is 12.8 Å². The van der Waals surface area contributed by atoms with Crippen LogP contribution in [0.3, 0.4) is 0 Å². The van der Waals surface area contributed by atoms with Gasteiger partial charge in [-0.3, -0.25) is 9.78 Å². The number of carbonyl (C=O) groups excluding carboxylic acids is 1. The first-order chi connectivity index (χ1) is 12.7. The van der Waals surface area contributed by atoms with Gasteiger partial charge in [-0.05, 0) is 43.2 Å². The molecular formula is C20H23FN4O. The zero-order valence-corrected chi connectivity index (χ0v) is 14.8. The Labute approximate surface area is 153 Å². The van der Waals surface area contributed by atoms with Crippen molar-refractivity contribution in [1.29, 1.82) is 0 Å². The Kier molecular flexibility index (Phi) is 4.73. The first-order valence-electron chi connectivity index (χ1n) is 9.20. The lowest BCUT2D eigenvalue weighted by Gasteiger charge is -2.36. The Morgan fingerprint density at radius 2 is 1.50 bits per heavy atom. The molecule has 1 aromatic carbocycles. The quantitative estimate of drug-likeness (QED) is 0.850. The van der Waals surface area contributed by atoms with E-state index in [0.717, 1.165) is 37.6 Å². The van der Waals surface area contributed by atoms with E-state index in [4.69, 9.17) is 0 Å². The first kappa shape index (κ1) is 16.8.